The van der Waals surface area contributed by atoms with Crippen molar-refractivity contribution >= 4 is 108 Å². The molecule has 0 heteroatoms. The number of unbranched alkanes of at least 4 members (excludes halogenated alkanes) is 10. The molecule has 0 aliphatic carbocycles. The normalized spacial score (nSPS) is 11.1. The molecular formula is C140H192. The molecule has 0 spiro atoms. The third-order valence-electron chi connectivity index (χ3n) is 25.0. The Morgan fingerprint density at radius 3 is 0.771 bits per heavy atom. The summed E-state index contributed by atoms with van der Waals surface area (Å²) < 4.78 is 0. The predicted octanol–water partition coefficient (Wildman–Crippen LogP) is 45.8. The van der Waals surface area contributed by atoms with Crippen LogP contribution >= 0.6 is 0 Å². The molecule has 17 aromatic rings. The first-order valence-corrected chi connectivity index (χ1v) is 54.2. The molecule has 0 N–H and O–H groups in total. The van der Waals surface area contributed by atoms with Gasteiger partial charge in [-0.25, -0.2) is 0 Å². The number of rotatable bonds is 10. The van der Waals surface area contributed by atoms with E-state index in [1.165, 1.54) is 249 Å². The summed E-state index contributed by atoms with van der Waals surface area (Å²) in [6.07, 6.45) is 21.6. The third-order valence-corrected chi connectivity index (χ3v) is 25.0. The van der Waals surface area contributed by atoms with E-state index in [0.29, 0.717) is 5.41 Å². The molecule has 0 aliphatic heterocycles. The summed E-state index contributed by atoms with van der Waals surface area (Å²) in [7, 11) is 0. The van der Waals surface area contributed by atoms with Crippen LogP contribution in [0.5, 0.6) is 0 Å². The minimum atomic E-state index is 0.170. The largest absolute Gasteiger partial charge is 0.0683 e. The molecule has 0 heterocycles. The van der Waals surface area contributed by atoms with Crippen molar-refractivity contribution in [2.75, 3.05) is 0 Å². The van der Waals surface area contributed by atoms with E-state index < -0.39 is 0 Å². The van der Waals surface area contributed by atoms with E-state index in [-0.39, 0.29) is 32.5 Å². The van der Waals surface area contributed by atoms with Gasteiger partial charge in [0, 0.05) is 0 Å². The molecule has 0 fully saturated rings. The fraction of sp³-hybridized carbons (Fsp3) is 0.414. The van der Waals surface area contributed by atoms with Gasteiger partial charge in [-0.15, -0.1) is 0 Å². The maximum Gasteiger partial charge on any atom is -0.00680 e. The van der Waals surface area contributed by atoms with E-state index in [2.05, 4.69) is 562 Å². The van der Waals surface area contributed by atoms with E-state index in [4.69, 9.17) is 0 Å². The highest BCUT2D eigenvalue weighted by atomic mass is 14.3. The Kier molecular flexibility index (Phi) is 53.8. The maximum atomic E-state index is 2.34. The smallest absolute Gasteiger partial charge is 0.00680 e. The van der Waals surface area contributed by atoms with Crippen LogP contribution in [0.3, 0.4) is 0 Å². The van der Waals surface area contributed by atoms with Crippen LogP contribution in [-0.2, 0) is 37.9 Å². The van der Waals surface area contributed by atoms with Crippen LogP contribution in [-0.4, -0.2) is 0 Å². The summed E-state index contributed by atoms with van der Waals surface area (Å²) in [6.45, 7) is 77.9. The second-order valence-corrected chi connectivity index (χ2v) is 44.4. The molecule has 0 amide bonds. The first-order valence-electron chi connectivity index (χ1n) is 54.2. The number of hydrogen-bond acceptors (Lipinski definition) is 0. The lowest BCUT2D eigenvalue weighted by atomic mass is 9.82. The fourth-order valence-electron chi connectivity index (χ4n) is 16.4. The molecule has 17 aromatic carbocycles. The molecule has 0 radical (unpaired) electrons. The van der Waals surface area contributed by atoms with Crippen molar-refractivity contribution in [1.82, 2.24) is 0 Å². The molecule has 0 unspecified atom stereocenters. The van der Waals surface area contributed by atoms with Gasteiger partial charge in [-0.1, -0.05) is 673 Å². The summed E-state index contributed by atoms with van der Waals surface area (Å²) in [6, 6.07) is 120. The van der Waals surface area contributed by atoms with Crippen LogP contribution < -0.4 is 0 Å². The molecule has 0 aliphatic rings. The van der Waals surface area contributed by atoms with Gasteiger partial charge >= 0.3 is 0 Å². The van der Waals surface area contributed by atoms with Gasteiger partial charge in [0.05, 0.1) is 0 Å². The minimum Gasteiger partial charge on any atom is -0.0683 e. The van der Waals surface area contributed by atoms with Gasteiger partial charge in [0.15, 0.2) is 0 Å². The Balaban J connectivity index is 0.000000326. The van der Waals surface area contributed by atoms with Gasteiger partial charge in [0.25, 0.3) is 0 Å². The SMILES string of the molecule is CC.CC(C)(C)c1cc2ccccc2c2ccccc12.CC(C)(C)c1ccc2c(ccc3ccccc32)c1.CC(C)(C)c1ccc2ccccc2c1.CC(C)(C)c1cccc2c1ccc1ccccc12.CC(C)(C)c1cccc2ccc3ccccc3c12.CC(C)(C)c1cccc2ccccc12.CC(C)(C)c1ccccc1.CCCC.CCCC.CCCCC.CCCCC.CCCCC.CCCCC. The molecule has 0 saturated heterocycles. The minimum absolute atomic E-state index is 0.170. The van der Waals surface area contributed by atoms with Crippen LogP contribution in [0.4, 0.5) is 0 Å². The van der Waals surface area contributed by atoms with E-state index in [9.17, 15) is 0 Å². The van der Waals surface area contributed by atoms with Gasteiger partial charge in [-0.2, -0.15) is 0 Å². The zero-order chi connectivity index (χ0) is 104. The third kappa shape index (κ3) is 40.0. The highest BCUT2D eigenvalue weighted by Gasteiger charge is 2.23. The Morgan fingerprint density at radius 1 is 0.136 bits per heavy atom. The maximum absolute atomic E-state index is 2.34. The molecule has 0 atom stereocenters. The lowest BCUT2D eigenvalue weighted by molar-refractivity contribution is 0.590. The van der Waals surface area contributed by atoms with Gasteiger partial charge in [-0.3, -0.25) is 0 Å². The Bertz CT molecular complexity index is 6200. The topological polar surface area (TPSA) is 0 Å². The number of fused-ring (bicyclic) bond motifs is 14. The summed E-state index contributed by atoms with van der Waals surface area (Å²) in [5.41, 5.74) is 11.4. The lowest BCUT2D eigenvalue weighted by Crippen LogP contribution is -2.11. The van der Waals surface area contributed by atoms with Gasteiger partial charge in [0.2, 0.25) is 0 Å². The van der Waals surface area contributed by atoms with E-state index in [1.807, 2.05) is 13.8 Å². The molecule has 752 valence electrons. The first kappa shape index (κ1) is 122. The van der Waals surface area contributed by atoms with Crippen LogP contribution in [0.25, 0.3) is 108 Å². The van der Waals surface area contributed by atoms with Gasteiger partial charge in [-0.05, 0) is 191 Å². The van der Waals surface area contributed by atoms with Crippen LogP contribution in [0.15, 0.2) is 334 Å². The highest BCUT2D eigenvalue weighted by Crippen LogP contribution is 2.40. The lowest BCUT2D eigenvalue weighted by Gasteiger charge is -2.22. The van der Waals surface area contributed by atoms with Crippen molar-refractivity contribution in [3.05, 3.63) is 373 Å². The monoisotopic (exact) mass is 1870 g/mol. The quantitative estimate of drug-likeness (QED) is 0.120. The zero-order valence-electron chi connectivity index (χ0n) is 95.1. The first-order chi connectivity index (χ1) is 66.5. The van der Waals surface area contributed by atoms with Crippen molar-refractivity contribution in [3.8, 4) is 0 Å². The van der Waals surface area contributed by atoms with Crippen molar-refractivity contribution < 1.29 is 0 Å². The predicted molar refractivity (Wildman–Crippen MR) is 644 cm³/mol. The molecule has 0 aromatic heterocycles. The van der Waals surface area contributed by atoms with E-state index >= 15 is 0 Å². The van der Waals surface area contributed by atoms with Crippen molar-refractivity contribution in [1.29, 1.82) is 0 Å². The molecule has 17 rings (SSSR count). The van der Waals surface area contributed by atoms with Gasteiger partial charge in [0.1, 0.15) is 0 Å². The van der Waals surface area contributed by atoms with Crippen LogP contribution in [0, 0.1) is 0 Å². The zero-order valence-corrected chi connectivity index (χ0v) is 95.1. The van der Waals surface area contributed by atoms with Crippen molar-refractivity contribution in [2.45, 2.75) is 383 Å². The summed E-state index contributed by atoms with van der Waals surface area (Å²) in [5.74, 6) is 0. The number of benzene rings is 17. The van der Waals surface area contributed by atoms with Gasteiger partial charge < -0.3 is 0 Å². The Labute approximate surface area is 857 Å². The average Bonchev–Trinajstić information content (AvgIpc) is 0.760. The summed E-state index contributed by atoms with van der Waals surface area (Å²) in [4.78, 5) is 0. The van der Waals surface area contributed by atoms with Crippen molar-refractivity contribution in [3.63, 3.8) is 0 Å². The van der Waals surface area contributed by atoms with E-state index in [1.54, 1.807) is 0 Å². The molecule has 0 nitrogen and oxygen atoms in total. The average molecular weight is 1880 g/mol. The summed E-state index contributed by atoms with van der Waals surface area (Å²) in [5, 5.41) is 27.0. The van der Waals surface area contributed by atoms with Crippen LogP contribution in [0.1, 0.15) is 384 Å². The summed E-state index contributed by atoms with van der Waals surface area (Å²) >= 11 is 0. The highest BCUT2D eigenvalue weighted by molar-refractivity contribution is 6.12. The number of hydrogen-bond donors (Lipinski definition) is 0. The Hall–Kier alpha value is -10.7. The molecule has 0 saturated carbocycles. The Morgan fingerprint density at radius 2 is 0.371 bits per heavy atom. The standard InChI is InChI=1S/4C18H18.2C14H16.C10H14.4C5H12.2C4H10.C2H6/c1-18(2,3)17-12-13-8-4-5-9-14(13)15-10-6-7-11-16(15)17;1-18(2,3)16-10-6-8-14-12-11-13-7-4-5-9-15(13)17(14)16;1-18(2,3)17-10-6-9-15-14-8-5-4-7-13(14)11-12-16(15)17;1-18(2,3)15-10-11-17-14(12-15)9-8-13-6-4-5-7-16(13)17;1-14(2,3)13-10-6-8-11-7-4-5-9-12(11)13;1-14(2,3)13-9-8-11-6-4-5-7-12(11)10-13;1-10(2,3)9-7-5-4-6-8-9;4*1-3-5-4-2;2*1-3-4-2;1-2/h4*4-12H,1-3H3;2*4-10H,1-3H3;4-8H,1-3H3;4*3-5H2,1-2H3;2*3-4H2,1-2H3;1-2H3. The molecule has 0 bridgehead atoms. The second-order valence-electron chi connectivity index (χ2n) is 44.4. The molecular weight excluding hydrogens is 1680 g/mol. The van der Waals surface area contributed by atoms with Crippen LogP contribution in [0.2, 0.25) is 0 Å². The fourth-order valence-corrected chi connectivity index (χ4v) is 16.4. The second kappa shape index (κ2) is 61.9. The van der Waals surface area contributed by atoms with E-state index in [0.717, 1.165) is 0 Å². The molecule has 140 heavy (non-hydrogen) atoms. The van der Waals surface area contributed by atoms with Crippen molar-refractivity contribution in [2.24, 2.45) is 0 Å².